The Bertz CT molecular complexity index is 564. The van der Waals surface area contributed by atoms with Gasteiger partial charge in [-0.25, -0.2) is 4.98 Å². The molecule has 0 radical (unpaired) electrons. The molecule has 0 atom stereocenters. The summed E-state index contributed by atoms with van der Waals surface area (Å²) in [7, 11) is 0. The van der Waals surface area contributed by atoms with Gasteiger partial charge >= 0.3 is 0 Å². The minimum Gasteiger partial charge on any atom is -0.368 e. The van der Waals surface area contributed by atoms with Crippen molar-refractivity contribution in [3.63, 3.8) is 0 Å². The highest BCUT2D eigenvalue weighted by Gasteiger charge is 2.25. The van der Waals surface area contributed by atoms with E-state index in [1.54, 1.807) is 11.3 Å². The van der Waals surface area contributed by atoms with Gasteiger partial charge in [-0.1, -0.05) is 20.8 Å². The Morgan fingerprint density at radius 3 is 2.42 bits per heavy atom. The van der Waals surface area contributed by atoms with Crippen LogP contribution in [0.1, 0.15) is 44.9 Å². The fraction of sp³-hybridized carbons (Fsp3) is 0.571. The average Bonchev–Trinajstić information content (AvgIpc) is 2.76. The number of nitrogen functional groups attached to an aromatic ring is 1. The van der Waals surface area contributed by atoms with Gasteiger partial charge in [-0.2, -0.15) is 4.98 Å². The van der Waals surface area contributed by atoms with Gasteiger partial charge < -0.3 is 11.1 Å². The molecular weight excluding hydrogens is 256 g/mol. The van der Waals surface area contributed by atoms with Crippen molar-refractivity contribution in [3.8, 4) is 0 Å². The molecule has 104 valence electrons. The van der Waals surface area contributed by atoms with E-state index in [0.29, 0.717) is 5.95 Å². The van der Waals surface area contributed by atoms with Gasteiger partial charge in [0.05, 0.1) is 5.39 Å². The summed E-state index contributed by atoms with van der Waals surface area (Å²) in [5.74, 6) is 1.21. The van der Waals surface area contributed by atoms with E-state index >= 15 is 0 Å². The summed E-state index contributed by atoms with van der Waals surface area (Å²) in [6.07, 6.45) is 3.19. The van der Waals surface area contributed by atoms with Crippen LogP contribution < -0.4 is 11.1 Å². The summed E-state index contributed by atoms with van der Waals surface area (Å²) in [4.78, 5) is 10.9. The van der Waals surface area contributed by atoms with Crippen LogP contribution >= 0.6 is 11.3 Å². The summed E-state index contributed by atoms with van der Waals surface area (Å²) in [6, 6.07) is 2.13. The molecule has 0 aliphatic heterocycles. The first kappa shape index (κ1) is 14.1. The van der Waals surface area contributed by atoms with Crippen LogP contribution in [0.5, 0.6) is 0 Å². The molecule has 0 unspecified atom stereocenters. The Labute approximate surface area is 118 Å². The first-order valence-corrected chi connectivity index (χ1v) is 7.67. The number of anilines is 2. The number of rotatable bonds is 5. The summed E-state index contributed by atoms with van der Waals surface area (Å²) in [5, 5.41) is 4.69. The van der Waals surface area contributed by atoms with Gasteiger partial charge in [0.25, 0.3) is 0 Å². The van der Waals surface area contributed by atoms with E-state index in [4.69, 9.17) is 5.73 Å². The van der Waals surface area contributed by atoms with Crippen LogP contribution in [-0.2, 0) is 0 Å². The minimum absolute atomic E-state index is 0.0869. The molecule has 0 fully saturated rings. The van der Waals surface area contributed by atoms with Gasteiger partial charge in [-0.05, 0) is 32.3 Å². The lowest BCUT2D eigenvalue weighted by Crippen LogP contribution is -2.36. The van der Waals surface area contributed by atoms with Crippen LogP contribution in [0.25, 0.3) is 10.2 Å². The largest absolute Gasteiger partial charge is 0.368 e. The lowest BCUT2D eigenvalue weighted by atomic mass is 9.90. The maximum Gasteiger partial charge on any atom is 0.223 e. The molecule has 0 bridgehead atoms. The fourth-order valence-corrected chi connectivity index (χ4v) is 3.31. The minimum atomic E-state index is 0.0869. The number of aromatic nitrogens is 2. The summed E-state index contributed by atoms with van der Waals surface area (Å²) in [6.45, 7) is 8.71. The second-order valence-electron chi connectivity index (χ2n) is 4.97. The third-order valence-electron chi connectivity index (χ3n) is 3.95. The third-order valence-corrected chi connectivity index (χ3v) is 4.89. The van der Waals surface area contributed by atoms with Crippen molar-refractivity contribution in [2.24, 2.45) is 0 Å². The molecule has 0 aromatic carbocycles. The van der Waals surface area contributed by atoms with Crippen LogP contribution in [0.2, 0.25) is 0 Å². The molecule has 3 N–H and O–H groups in total. The molecule has 5 heteroatoms. The lowest BCUT2D eigenvalue weighted by Gasteiger charge is -2.32. The van der Waals surface area contributed by atoms with Crippen molar-refractivity contribution in [2.75, 3.05) is 11.1 Å². The molecule has 0 aliphatic carbocycles. The second kappa shape index (κ2) is 5.33. The first-order chi connectivity index (χ1) is 9.03. The van der Waals surface area contributed by atoms with Gasteiger partial charge in [0.1, 0.15) is 10.6 Å². The summed E-state index contributed by atoms with van der Waals surface area (Å²) >= 11 is 1.66. The van der Waals surface area contributed by atoms with E-state index in [-0.39, 0.29) is 5.54 Å². The number of aryl methyl sites for hydroxylation is 1. The van der Waals surface area contributed by atoms with Gasteiger partial charge in [-0.3, -0.25) is 0 Å². The molecule has 4 nitrogen and oxygen atoms in total. The summed E-state index contributed by atoms with van der Waals surface area (Å²) < 4.78 is 0. The Hall–Kier alpha value is -1.36. The van der Waals surface area contributed by atoms with Crippen molar-refractivity contribution in [1.82, 2.24) is 9.97 Å². The maximum atomic E-state index is 5.82. The number of nitrogens with zero attached hydrogens (tertiary/aromatic N) is 2. The molecule has 0 aliphatic rings. The summed E-state index contributed by atoms with van der Waals surface area (Å²) in [5.41, 5.74) is 5.91. The maximum absolute atomic E-state index is 5.82. The van der Waals surface area contributed by atoms with E-state index in [1.165, 1.54) is 4.88 Å². The van der Waals surface area contributed by atoms with Crippen LogP contribution in [0.4, 0.5) is 11.8 Å². The van der Waals surface area contributed by atoms with Crippen molar-refractivity contribution < 1.29 is 0 Å². The molecule has 2 aromatic heterocycles. The lowest BCUT2D eigenvalue weighted by molar-refractivity contribution is 0.419. The zero-order valence-electron chi connectivity index (χ0n) is 12.1. The Kier molecular flexibility index (Phi) is 3.94. The zero-order valence-corrected chi connectivity index (χ0v) is 12.9. The molecule has 2 heterocycles. The van der Waals surface area contributed by atoms with Crippen LogP contribution in [0.3, 0.4) is 0 Å². The zero-order chi connectivity index (χ0) is 14.0. The number of nitrogens with two attached hydrogens (primary N) is 1. The van der Waals surface area contributed by atoms with E-state index in [1.807, 2.05) is 0 Å². The highest BCUT2D eigenvalue weighted by molar-refractivity contribution is 7.18. The second-order valence-corrected chi connectivity index (χ2v) is 6.21. The number of hydrogen-bond donors (Lipinski definition) is 2. The fourth-order valence-electron chi connectivity index (χ4n) is 2.42. The topological polar surface area (TPSA) is 63.8 Å². The predicted octanol–water partition coefficient (Wildman–Crippen LogP) is 3.96. The Balaban J connectivity index is 2.49. The van der Waals surface area contributed by atoms with Gasteiger partial charge in [0.2, 0.25) is 5.95 Å². The normalized spacial score (nSPS) is 12.0. The Morgan fingerprint density at radius 1 is 1.21 bits per heavy atom. The molecule has 2 aromatic rings. The number of thiophene rings is 1. The number of hydrogen-bond acceptors (Lipinski definition) is 5. The monoisotopic (exact) mass is 278 g/mol. The average molecular weight is 278 g/mol. The highest BCUT2D eigenvalue weighted by atomic mass is 32.1. The molecule has 0 amide bonds. The first-order valence-electron chi connectivity index (χ1n) is 6.85. The molecule has 0 saturated carbocycles. The van der Waals surface area contributed by atoms with Gasteiger partial charge in [0, 0.05) is 10.4 Å². The number of nitrogens with one attached hydrogen (secondary N) is 1. The molecule has 0 spiro atoms. The van der Waals surface area contributed by atoms with Gasteiger partial charge in [0.15, 0.2) is 0 Å². The molecule has 19 heavy (non-hydrogen) atoms. The third kappa shape index (κ3) is 2.66. The predicted molar refractivity (Wildman–Crippen MR) is 83.8 cm³/mol. The van der Waals surface area contributed by atoms with E-state index < -0.39 is 0 Å². The van der Waals surface area contributed by atoms with Crippen LogP contribution in [-0.4, -0.2) is 15.5 Å². The highest BCUT2D eigenvalue weighted by Crippen LogP contribution is 2.32. The van der Waals surface area contributed by atoms with E-state index in [0.717, 1.165) is 35.3 Å². The van der Waals surface area contributed by atoms with Crippen molar-refractivity contribution in [1.29, 1.82) is 0 Å². The standard InChI is InChI=1S/C14H22N4S/c1-5-14(6-2,7-3)18-11-10-8-9(4)19-12(10)17-13(15)16-11/h8H,5-7H2,1-4H3,(H3,15,16,17,18). The van der Waals surface area contributed by atoms with Crippen molar-refractivity contribution in [3.05, 3.63) is 10.9 Å². The SMILES string of the molecule is CCC(CC)(CC)Nc1nc(N)nc2sc(C)cc12. The quantitative estimate of drug-likeness (QED) is 0.869. The van der Waals surface area contributed by atoms with Crippen molar-refractivity contribution in [2.45, 2.75) is 52.5 Å². The van der Waals surface area contributed by atoms with Crippen LogP contribution in [0, 0.1) is 6.92 Å². The Morgan fingerprint density at radius 2 is 1.84 bits per heavy atom. The molecule has 0 saturated heterocycles. The van der Waals surface area contributed by atoms with Crippen LogP contribution in [0.15, 0.2) is 6.07 Å². The molecule has 2 rings (SSSR count). The molecular formula is C14H22N4S. The van der Waals surface area contributed by atoms with Gasteiger partial charge in [-0.15, -0.1) is 11.3 Å². The number of fused-ring (bicyclic) bond motifs is 1. The van der Waals surface area contributed by atoms with E-state index in [9.17, 15) is 0 Å². The smallest absolute Gasteiger partial charge is 0.223 e. The van der Waals surface area contributed by atoms with Crippen molar-refractivity contribution >= 4 is 33.3 Å². The van der Waals surface area contributed by atoms with E-state index in [2.05, 4.69) is 49.0 Å².